The van der Waals surface area contributed by atoms with E-state index in [9.17, 15) is 0 Å². The van der Waals surface area contributed by atoms with Gasteiger partial charge in [-0.25, -0.2) is 0 Å². The van der Waals surface area contributed by atoms with Crippen LogP contribution in [0.4, 0.5) is 0 Å². The molecule has 3 nitrogen and oxygen atoms in total. The van der Waals surface area contributed by atoms with E-state index in [0.29, 0.717) is 12.6 Å². The molecular weight excluding hydrogens is 262 g/mol. The number of rotatable bonds is 7. The summed E-state index contributed by atoms with van der Waals surface area (Å²) in [5.74, 6) is 1.81. The van der Waals surface area contributed by atoms with Gasteiger partial charge in [0.25, 0.3) is 0 Å². The third-order valence-electron chi connectivity index (χ3n) is 3.46. The molecule has 0 aliphatic carbocycles. The summed E-state index contributed by atoms with van der Waals surface area (Å²) >= 11 is 0. The molecule has 21 heavy (non-hydrogen) atoms. The SMILES string of the molecule is CCOc1ccc(CN[C@@H](C)c2ccc(OC)cc2)cc1. The molecule has 3 heteroatoms. The van der Waals surface area contributed by atoms with Crippen LogP contribution in [-0.2, 0) is 6.54 Å². The predicted octanol–water partition coefficient (Wildman–Crippen LogP) is 3.94. The molecule has 0 saturated heterocycles. The van der Waals surface area contributed by atoms with Crippen molar-refractivity contribution >= 4 is 0 Å². The monoisotopic (exact) mass is 285 g/mol. The van der Waals surface area contributed by atoms with Crippen LogP contribution in [0.3, 0.4) is 0 Å². The summed E-state index contributed by atoms with van der Waals surface area (Å²) in [6.45, 7) is 5.69. The Bertz CT molecular complexity index is 534. The number of benzene rings is 2. The van der Waals surface area contributed by atoms with Crippen molar-refractivity contribution in [2.24, 2.45) is 0 Å². The summed E-state index contributed by atoms with van der Waals surface area (Å²) in [5, 5.41) is 3.52. The zero-order chi connectivity index (χ0) is 15.1. The minimum absolute atomic E-state index is 0.294. The lowest BCUT2D eigenvalue weighted by Gasteiger charge is -2.15. The zero-order valence-electron chi connectivity index (χ0n) is 12.9. The van der Waals surface area contributed by atoms with Gasteiger partial charge >= 0.3 is 0 Å². The first-order chi connectivity index (χ1) is 10.2. The lowest BCUT2D eigenvalue weighted by molar-refractivity contribution is 0.340. The van der Waals surface area contributed by atoms with Gasteiger partial charge in [0.2, 0.25) is 0 Å². The highest BCUT2D eigenvalue weighted by atomic mass is 16.5. The van der Waals surface area contributed by atoms with Gasteiger partial charge < -0.3 is 14.8 Å². The van der Waals surface area contributed by atoms with E-state index < -0.39 is 0 Å². The molecule has 0 saturated carbocycles. The first kappa shape index (κ1) is 15.4. The number of hydrogen-bond acceptors (Lipinski definition) is 3. The number of ether oxygens (including phenoxy) is 2. The predicted molar refractivity (Wildman–Crippen MR) is 85.9 cm³/mol. The number of methoxy groups -OCH3 is 1. The Morgan fingerprint density at radius 2 is 1.57 bits per heavy atom. The zero-order valence-corrected chi connectivity index (χ0v) is 12.9. The lowest BCUT2D eigenvalue weighted by atomic mass is 10.1. The Kier molecular flexibility index (Phi) is 5.64. The second-order valence-electron chi connectivity index (χ2n) is 4.95. The van der Waals surface area contributed by atoms with Gasteiger partial charge in [-0.1, -0.05) is 24.3 Å². The van der Waals surface area contributed by atoms with Crippen LogP contribution in [-0.4, -0.2) is 13.7 Å². The highest BCUT2D eigenvalue weighted by molar-refractivity contribution is 5.30. The van der Waals surface area contributed by atoms with Crippen LogP contribution in [0.5, 0.6) is 11.5 Å². The summed E-state index contributed by atoms with van der Waals surface area (Å²) < 4.78 is 10.6. The number of nitrogens with one attached hydrogen (secondary N) is 1. The highest BCUT2D eigenvalue weighted by Gasteiger charge is 2.05. The second kappa shape index (κ2) is 7.70. The Labute approximate surface area is 126 Å². The van der Waals surface area contributed by atoms with Crippen molar-refractivity contribution in [1.29, 1.82) is 0 Å². The van der Waals surface area contributed by atoms with Crippen LogP contribution in [0.15, 0.2) is 48.5 Å². The van der Waals surface area contributed by atoms with E-state index in [1.807, 2.05) is 31.2 Å². The maximum absolute atomic E-state index is 5.45. The maximum atomic E-state index is 5.45. The molecule has 2 rings (SSSR count). The fraction of sp³-hybridized carbons (Fsp3) is 0.333. The fourth-order valence-electron chi connectivity index (χ4n) is 2.15. The molecule has 1 N–H and O–H groups in total. The van der Waals surface area contributed by atoms with Crippen molar-refractivity contribution in [2.45, 2.75) is 26.4 Å². The summed E-state index contributed by atoms with van der Waals surface area (Å²) in [6, 6.07) is 16.7. The van der Waals surface area contributed by atoms with E-state index in [1.165, 1.54) is 11.1 Å². The molecule has 0 spiro atoms. The molecule has 112 valence electrons. The molecule has 0 bridgehead atoms. The largest absolute Gasteiger partial charge is 0.497 e. The van der Waals surface area contributed by atoms with Gasteiger partial charge in [0, 0.05) is 12.6 Å². The van der Waals surface area contributed by atoms with Crippen LogP contribution in [0.2, 0.25) is 0 Å². The highest BCUT2D eigenvalue weighted by Crippen LogP contribution is 2.18. The van der Waals surface area contributed by atoms with Crippen molar-refractivity contribution in [3.8, 4) is 11.5 Å². The average Bonchev–Trinajstić information content (AvgIpc) is 2.54. The summed E-state index contributed by atoms with van der Waals surface area (Å²) in [6.07, 6.45) is 0. The fourth-order valence-corrected chi connectivity index (χ4v) is 2.15. The molecule has 0 radical (unpaired) electrons. The normalized spacial score (nSPS) is 12.0. The van der Waals surface area contributed by atoms with Crippen molar-refractivity contribution in [3.63, 3.8) is 0 Å². The Morgan fingerprint density at radius 1 is 0.952 bits per heavy atom. The smallest absolute Gasteiger partial charge is 0.119 e. The van der Waals surface area contributed by atoms with Crippen molar-refractivity contribution in [1.82, 2.24) is 5.32 Å². The topological polar surface area (TPSA) is 30.5 Å². The van der Waals surface area contributed by atoms with Crippen molar-refractivity contribution in [3.05, 3.63) is 59.7 Å². The van der Waals surface area contributed by atoms with Gasteiger partial charge in [-0.2, -0.15) is 0 Å². The molecule has 0 unspecified atom stereocenters. The third-order valence-corrected chi connectivity index (χ3v) is 3.46. The van der Waals surface area contributed by atoms with Crippen molar-refractivity contribution in [2.75, 3.05) is 13.7 Å². The summed E-state index contributed by atoms with van der Waals surface area (Å²) in [7, 11) is 1.68. The molecule has 2 aromatic carbocycles. The van der Waals surface area contributed by atoms with E-state index >= 15 is 0 Å². The van der Waals surface area contributed by atoms with E-state index in [0.717, 1.165) is 18.0 Å². The van der Waals surface area contributed by atoms with Crippen LogP contribution in [0.25, 0.3) is 0 Å². The molecule has 0 heterocycles. The summed E-state index contributed by atoms with van der Waals surface area (Å²) in [5.41, 5.74) is 2.50. The maximum Gasteiger partial charge on any atom is 0.119 e. The third kappa shape index (κ3) is 4.50. The minimum atomic E-state index is 0.294. The van der Waals surface area contributed by atoms with Gasteiger partial charge in [-0.05, 0) is 49.2 Å². The average molecular weight is 285 g/mol. The van der Waals surface area contributed by atoms with Crippen LogP contribution >= 0.6 is 0 Å². The molecular formula is C18H23NO2. The standard InChI is InChI=1S/C18H23NO2/c1-4-21-18-9-5-15(6-10-18)13-19-14(2)16-7-11-17(20-3)12-8-16/h5-12,14,19H,4,13H2,1-3H3/t14-/m0/s1. The molecule has 0 aliphatic rings. The molecule has 0 aromatic heterocycles. The summed E-state index contributed by atoms with van der Waals surface area (Å²) in [4.78, 5) is 0. The Hall–Kier alpha value is -2.00. The van der Waals surface area contributed by atoms with Gasteiger partial charge in [0.1, 0.15) is 11.5 Å². The molecule has 2 aromatic rings. The van der Waals surface area contributed by atoms with Crippen molar-refractivity contribution < 1.29 is 9.47 Å². The van der Waals surface area contributed by atoms with E-state index in [4.69, 9.17) is 9.47 Å². The number of hydrogen-bond donors (Lipinski definition) is 1. The minimum Gasteiger partial charge on any atom is -0.497 e. The first-order valence-electron chi connectivity index (χ1n) is 7.32. The van der Waals surface area contributed by atoms with Gasteiger partial charge in [0.05, 0.1) is 13.7 Å². The van der Waals surface area contributed by atoms with Gasteiger partial charge in [-0.3, -0.25) is 0 Å². The molecule has 0 fully saturated rings. The molecule has 0 aliphatic heterocycles. The van der Waals surface area contributed by atoms with E-state index in [1.54, 1.807) is 7.11 Å². The van der Waals surface area contributed by atoms with E-state index in [-0.39, 0.29) is 0 Å². The van der Waals surface area contributed by atoms with Crippen LogP contribution in [0.1, 0.15) is 31.0 Å². The van der Waals surface area contributed by atoms with Gasteiger partial charge in [0.15, 0.2) is 0 Å². The Morgan fingerprint density at radius 3 is 2.14 bits per heavy atom. The van der Waals surface area contributed by atoms with E-state index in [2.05, 4.69) is 36.5 Å². The lowest BCUT2D eigenvalue weighted by Crippen LogP contribution is -2.17. The Balaban J connectivity index is 1.88. The van der Waals surface area contributed by atoms with Gasteiger partial charge in [-0.15, -0.1) is 0 Å². The second-order valence-corrected chi connectivity index (χ2v) is 4.95. The van der Waals surface area contributed by atoms with Crippen LogP contribution in [0, 0.1) is 0 Å². The first-order valence-corrected chi connectivity index (χ1v) is 7.32. The molecule has 1 atom stereocenters. The molecule has 0 amide bonds. The quantitative estimate of drug-likeness (QED) is 0.835. The van der Waals surface area contributed by atoms with Crippen LogP contribution < -0.4 is 14.8 Å².